The van der Waals surface area contributed by atoms with E-state index in [2.05, 4.69) is 40.2 Å². The molecule has 4 nitrogen and oxygen atoms in total. The van der Waals surface area contributed by atoms with Crippen LogP contribution >= 0.6 is 27.7 Å². The Kier molecular flexibility index (Phi) is 6.07. The van der Waals surface area contributed by atoms with Gasteiger partial charge in [-0.25, -0.2) is 0 Å². The highest BCUT2D eigenvalue weighted by molar-refractivity contribution is 9.10. The molecule has 28 heavy (non-hydrogen) atoms. The largest absolute Gasteiger partial charge is 0.342 e. The fourth-order valence-electron chi connectivity index (χ4n) is 3.95. The van der Waals surface area contributed by atoms with Crippen LogP contribution in [-0.2, 0) is 9.59 Å². The van der Waals surface area contributed by atoms with Gasteiger partial charge in [0.1, 0.15) is 0 Å². The predicted molar refractivity (Wildman–Crippen MR) is 117 cm³/mol. The van der Waals surface area contributed by atoms with Crippen molar-refractivity contribution >= 4 is 45.2 Å². The number of amides is 2. The minimum Gasteiger partial charge on any atom is -0.342 e. The molecular formula is C22H23BrN2O2S. The van der Waals surface area contributed by atoms with Crippen molar-refractivity contribution < 1.29 is 9.59 Å². The molecule has 146 valence electrons. The van der Waals surface area contributed by atoms with Gasteiger partial charge in [-0.3, -0.25) is 9.59 Å². The van der Waals surface area contributed by atoms with Crippen molar-refractivity contribution in [1.29, 1.82) is 0 Å². The van der Waals surface area contributed by atoms with Crippen molar-refractivity contribution in [2.45, 2.75) is 18.1 Å². The summed E-state index contributed by atoms with van der Waals surface area (Å²) in [6, 6.07) is 18.2. The monoisotopic (exact) mass is 458 g/mol. The van der Waals surface area contributed by atoms with Gasteiger partial charge in [0.2, 0.25) is 11.8 Å². The van der Waals surface area contributed by atoms with Crippen LogP contribution in [0.3, 0.4) is 0 Å². The summed E-state index contributed by atoms with van der Waals surface area (Å²) >= 11 is 5.38. The van der Waals surface area contributed by atoms with E-state index in [4.69, 9.17) is 0 Å². The molecule has 6 heteroatoms. The molecule has 0 aromatic heterocycles. The Morgan fingerprint density at radius 2 is 1.89 bits per heavy atom. The summed E-state index contributed by atoms with van der Waals surface area (Å²) in [4.78, 5) is 29.4. The van der Waals surface area contributed by atoms with Gasteiger partial charge >= 0.3 is 0 Å². The van der Waals surface area contributed by atoms with Crippen LogP contribution in [0.5, 0.6) is 0 Å². The van der Waals surface area contributed by atoms with Gasteiger partial charge in [-0.2, -0.15) is 11.8 Å². The first-order valence-corrected chi connectivity index (χ1v) is 11.5. The van der Waals surface area contributed by atoms with E-state index >= 15 is 0 Å². The van der Waals surface area contributed by atoms with Crippen molar-refractivity contribution in [2.24, 2.45) is 5.92 Å². The van der Waals surface area contributed by atoms with E-state index in [9.17, 15) is 9.59 Å². The van der Waals surface area contributed by atoms with Crippen LogP contribution in [0.1, 0.15) is 23.7 Å². The fourth-order valence-corrected chi connectivity index (χ4v) is 5.57. The number of halogens is 1. The van der Waals surface area contributed by atoms with Crippen LogP contribution in [0.4, 0.5) is 5.69 Å². The number of rotatable bonds is 3. The molecule has 0 N–H and O–H groups in total. The summed E-state index contributed by atoms with van der Waals surface area (Å²) < 4.78 is 0.934. The molecule has 0 radical (unpaired) electrons. The fraction of sp³-hybridized carbons (Fsp3) is 0.364. The van der Waals surface area contributed by atoms with Crippen LogP contribution in [0, 0.1) is 5.92 Å². The van der Waals surface area contributed by atoms with E-state index in [1.165, 1.54) is 5.56 Å². The minimum absolute atomic E-state index is 0.0304. The van der Waals surface area contributed by atoms with Gasteiger partial charge in [0, 0.05) is 47.2 Å². The lowest BCUT2D eigenvalue weighted by molar-refractivity contribution is -0.135. The molecule has 2 saturated heterocycles. The van der Waals surface area contributed by atoms with Gasteiger partial charge in [-0.05, 0) is 30.2 Å². The summed E-state index contributed by atoms with van der Waals surface area (Å²) in [5.74, 6) is 0.842. The predicted octanol–water partition coefficient (Wildman–Crippen LogP) is 4.51. The second-order valence-corrected chi connectivity index (χ2v) is 9.50. The topological polar surface area (TPSA) is 40.6 Å². The van der Waals surface area contributed by atoms with Gasteiger partial charge in [-0.15, -0.1) is 0 Å². The van der Waals surface area contributed by atoms with Crippen molar-refractivity contribution in [1.82, 2.24) is 4.90 Å². The Balaban J connectivity index is 1.40. The number of hydrogen-bond donors (Lipinski definition) is 0. The molecule has 0 saturated carbocycles. The van der Waals surface area contributed by atoms with Crippen LogP contribution in [0.2, 0.25) is 0 Å². The van der Waals surface area contributed by atoms with Gasteiger partial charge in [0.15, 0.2) is 0 Å². The van der Waals surface area contributed by atoms with Crippen molar-refractivity contribution in [2.75, 3.05) is 30.3 Å². The summed E-state index contributed by atoms with van der Waals surface area (Å²) in [7, 11) is 0. The van der Waals surface area contributed by atoms with Gasteiger partial charge in [-0.1, -0.05) is 52.3 Å². The first kappa shape index (κ1) is 19.5. The van der Waals surface area contributed by atoms with Crippen molar-refractivity contribution in [3.8, 4) is 0 Å². The highest BCUT2D eigenvalue weighted by atomic mass is 79.9. The molecule has 2 heterocycles. The second-order valence-electron chi connectivity index (χ2n) is 7.27. The Labute approximate surface area is 178 Å². The summed E-state index contributed by atoms with van der Waals surface area (Å²) in [5, 5.41) is 0.433. The molecule has 0 bridgehead atoms. The Hall–Kier alpha value is -1.79. The van der Waals surface area contributed by atoms with Crippen molar-refractivity contribution in [3.05, 3.63) is 64.6 Å². The van der Waals surface area contributed by atoms with Crippen LogP contribution in [0.25, 0.3) is 0 Å². The Bertz CT molecular complexity index is 861. The maximum absolute atomic E-state index is 13.1. The van der Waals surface area contributed by atoms with E-state index in [1.807, 2.05) is 47.0 Å². The third-order valence-electron chi connectivity index (χ3n) is 5.42. The lowest BCUT2D eigenvalue weighted by Crippen LogP contribution is -2.38. The SMILES string of the molecule is O=C(C1CC(=O)N(c2cccc(Br)c2)C1)N1CCSC(c2ccccc2)CC1. The smallest absolute Gasteiger partial charge is 0.228 e. The molecule has 0 spiro atoms. The molecule has 2 amide bonds. The summed E-state index contributed by atoms with van der Waals surface area (Å²) in [5.41, 5.74) is 2.18. The number of hydrogen-bond acceptors (Lipinski definition) is 3. The molecule has 2 aromatic carbocycles. The zero-order valence-electron chi connectivity index (χ0n) is 15.6. The third kappa shape index (κ3) is 4.28. The highest BCUT2D eigenvalue weighted by Gasteiger charge is 2.37. The number of benzene rings is 2. The average molecular weight is 459 g/mol. The zero-order valence-corrected chi connectivity index (χ0v) is 18.0. The Morgan fingerprint density at radius 3 is 2.68 bits per heavy atom. The molecule has 2 unspecified atom stereocenters. The number of thioether (sulfide) groups is 1. The maximum atomic E-state index is 13.1. The van der Waals surface area contributed by atoms with E-state index in [-0.39, 0.29) is 17.7 Å². The molecule has 0 aliphatic carbocycles. The lowest BCUT2D eigenvalue weighted by Gasteiger charge is -2.24. The molecular weight excluding hydrogens is 436 g/mol. The van der Waals surface area contributed by atoms with Crippen LogP contribution in [0.15, 0.2) is 59.1 Å². The quantitative estimate of drug-likeness (QED) is 0.679. The number of nitrogens with zero attached hydrogens (tertiary/aromatic N) is 2. The Morgan fingerprint density at radius 1 is 1.07 bits per heavy atom. The first-order valence-electron chi connectivity index (χ1n) is 9.63. The standard InChI is InChI=1S/C22H23BrN2O2S/c23-18-7-4-8-19(14-18)25-15-17(13-21(25)26)22(27)24-10-9-20(28-12-11-24)16-5-2-1-3-6-16/h1-8,14,17,20H,9-13,15H2. The van der Waals surface area contributed by atoms with Gasteiger partial charge < -0.3 is 9.80 Å². The molecule has 2 aliphatic heterocycles. The van der Waals surface area contributed by atoms with Gasteiger partial charge in [0.05, 0.1) is 5.92 Å². The van der Waals surface area contributed by atoms with Crippen LogP contribution < -0.4 is 4.90 Å². The number of carbonyl (C=O) groups is 2. The summed E-state index contributed by atoms with van der Waals surface area (Å²) in [6.45, 7) is 1.99. The van der Waals surface area contributed by atoms with E-state index < -0.39 is 0 Å². The van der Waals surface area contributed by atoms with Gasteiger partial charge in [0.25, 0.3) is 0 Å². The molecule has 2 atom stereocenters. The third-order valence-corrected chi connectivity index (χ3v) is 7.24. The summed E-state index contributed by atoms with van der Waals surface area (Å²) in [6.07, 6.45) is 1.26. The highest BCUT2D eigenvalue weighted by Crippen LogP contribution is 2.35. The first-order chi connectivity index (χ1) is 13.6. The molecule has 2 fully saturated rings. The lowest BCUT2D eigenvalue weighted by atomic mass is 10.1. The molecule has 2 aliphatic rings. The number of anilines is 1. The van der Waals surface area contributed by atoms with Crippen LogP contribution in [-0.4, -0.2) is 42.1 Å². The minimum atomic E-state index is -0.246. The van der Waals surface area contributed by atoms with E-state index in [0.717, 1.165) is 35.4 Å². The number of carbonyl (C=O) groups excluding carboxylic acids is 2. The van der Waals surface area contributed by atoms with Crippen molar-refractivity contribution in [3.63, 3.8) is 0 Å². The normalized spacial score (nSPS) is 23.0. The molecule has 2 aromatic rings. The zero-order chi connectivity index (χ0) is 19.5. The maximum Gasteiger partial charge on any atom is 0.228 e. The van der Waals surface area contributed by atoms with E-state index in [1.54, 1.807) is 4.90 Å². The second kappa shape index (κ2) is 8.70. The molecule has 4 rings (SSSR count). The average Bonchev–Trinajstić information content (AvgIpc) is 2.94. The van der Waals surface area contributed by atoms with E-state index in [0.29, 0.717) is 18.2 Å².